The second kappa shape index (κ2) is 7.27. The number of pyridine rings is 1. The van der Waals surface area contributed by atoms with E-state index in [0.29, 0.717) is 5.69 Å². The molecule has 0 spiro atoms. The van der Waals surface area contributed by atoms with Crippen LogP contribution in [-0.2, 0) is 13.5 Å². The Kier molecular flexibility index (Phi) is 4.44. The average molecular weight is 444 g/mol. The van der Waals surface area contributed by atoms with E-state index in [1.54, 1.807) is 12.1 Å². The van der Waals surface area contributed by atoms with Gasteiger partial charge in [-0.2, -0.15) is 5.10 Å². The molecule has 5 heterocycles. The molecule has 2 aliphatic rings. The lowest BCUT2D eigenvalue weighted by Gasteiger charge is -2.45. The monoisotopic (exact) mass is 443 g/mol. The highest BCUT2D eigenvalue weighted by atomic mass is 19.1. The van der Waals surface area contributed by atoms with E-state index in [9.17, 15) is 9.18 Å². The maximum absolute atomic E-state index is 14.2. The Balaban J connectivity index is 1.47. The third-order valence-electron chi connectivity index (χ3n) is 7.13. The zero-order valence-corrected chi connectivity index (χ0v) is 19.0. The molecule has 0 N–H and O–H groups in total. The van der Waals surface area contributed by atoms with Gasteiger partial charge in [-0.05, 0) is 75.4 Å². The fourth-order valence-corrected chi connectivity index (χ4v) is 5.88. The number of halogens is 1. The molecule has 168 valence electrons. The Labute approximate surface area is 191 Å². The quantitative estimate of drug-likeness (QED) is 0.448. The molecule has 1 saturated heterocycles. The van der Waals surface area contributed by atoms with Gasteiger partial charge in [0.25, 0.3) is 5.91 Å². The highest BCUT2D eigenvalue weighted by Gasteiger charge is 2.44. The summed E-state index contributed by atoms with van der Waals surface area (Å²) in [5, 5.41) is 4.88. The predicted molar refractivity (Wildman–Crippen MR) is 124 cm³/mol. The van der Waals surface area contributed by atoms with Gasteiger partial charge in [-0.3, -0.25) is 13.9 Å². The molecule has 2 bridgehead atoms. The van der Waals surface area contributed by atoms with Crippen LogP contribution in [-0.4, -0.2) is 36.0 Å². The van der Waals surface area contributed by atoms with Crippen LogP contribution < -0.4 is 0 Å². The molecule has 1 amide bonds. The lowest BCUT2D eigenvalue weighted by atomic mass is 9.81. The summed E-state index contributed by atoms with van der Waals surface area (Å²) in [5.41, 5.74) is 6.94. The van der Waals surface area contributed by atoms with E-state index in [1.807, 2.05) is 65.3 Å². The minimum absolute atomic E-state index is 0.0142. The molecular formula is C26H26FN5O. The van der Waals surface area contributed by atoms with E-state index in [2.05, 4.69) is 4.98 Å². The maximum Gasteiger partial charge on any atom is 0.273 e. The first kappa shape index (κ1) is 20.1. The van der Waals surface area contributed by atoms with Crippen LogP contribution in [0.25, 0.3) is 16.9 Å². The molecule has 6 nitrogen and oxygen atoms in total. The van der Waals surface area contributed by atoms with Crippen LogP contribution in [0.1, 0.15) is 58.3 Å². The third kappa shape index (κ3) is 3.02. The van der Waals surface area contributed by atoms with Gasteiger partial charge in [-0.15, -0.1) is 0 Å². The molecule has 0 aliphatic carbocycles. The summed E-state index contributed by atoms with van der Waals surface area (Å²) in [6, 6.07) is 10.9. The Morgan fingerprint density at radius 3 is 2.82 bits per heavy atom. The number of hydrogen-bond donors (Lipinski definition) is 0. The van der Waals surface area contributed by atoms with Gasteiger partial charge in [0.1, 0.15) is 17.2 Å². The first-order valence-corrected chi connectivity index (χ1v) is 11.5. The Morgan fingerprint density at radius 1 is 1.15 bits per heavy atom. The maximum atomic E-state index is 14.2. The van der Waals surface area contributed by atoms with Gasteiger partial charge in [-0.25, -0.2) is 9.37 Å². The Hall–Kier alpha value is -3.48. The number of rotatable bonds is 2. The second-order valence-corrected chi connectivity index (χ2v) is 9.34. The van der Waals surface area contributed by atoms with E-state index < -0.39 is 0 Å². The van der Waals surface area contributed by atoms with Gasteiger partial charge in [0.15, 0.2) is 0 Å². The molecule has 2 atom stereocenters. The van der Waals surface area contributed by atoms with Crippen molar-refractivity contribution in [1.82, 2.24) is 24.1 Å². The number of carbonyl (C=O) groups excluding carboxylic acids is 1. The fourth-order valence-electron chi connectivity index (χ4n) is 5.88. The van der Waals surface area contributed by atoms with Crippen molar-refractivity contribution in [3.63, 3.8) is 0 Å². The number of aromatic nitrogens is 4. The number of aryl methyl sites for hydroxylation is 3. The van der Waals surface area contributed by atoms with Crippen molar-refractivity contribution in [2.24, 2.45) is 7.05 Å². The lowest BCUT2D eigenvalue weighted by Crippen LogP contribution is -2.50. The molecule has 1 fully saturated rings. The summed E-state index contributed by atoms with van der Waals surface area (Å²) < 4.78 is 18.0. The number of amides is 1. The number of benzene rings is 1. The first-order valence-electron chi connectivity index (χ1n) is 11.5. The van der Waals surface area contributed by atoms with Crippen LogP contribution in [0, 0.1) is 19.7 Å². The van der Waals surface area contributed by atoms with Crippen LogP contribution in [0.15, 0.2) is 42.6 Å². The van der Waals surface area contributed by atoms with Gasteiger partial charge >= 0.3 is 0 Å². The van der Waals surface area contributed by atoms with Crippen LogP contribution >= 0.6 is 0 Å². The smallest absolute Gasteiger partial charge is 0.273 e. The van der Waals surface area contributed by atoms with Gasteiger partial charge < -0.3 is 4.90 Å². The van der Waals surface area contributed by atoms with Crippen molar-refractivity contribution in [3.05, 3.63) is 76.6 Å². The van der Waals surface area contributed by atoms with Gasteiger partial charge in [0.2, 0.25) is 0 Å². The molecule has 0 saturated carbocycles. The third-order valence-corrected chi connectivity index (χ3v) is 7.13. The zero-order valence-electron chi connectivity index (χ0n) is 19.0. The standard InChI is InChI=1S/C26H26FN5O/c1-15-11-17(13-18(27)12-15)25-20-14-19-7-6-8-21(23(20)29-30(25)3)32(19)26(33)24-16(2)28-22-9-4-5-10-31(22)24/h4-5,9-13,19,21H,6-8,14H2,1-3H3. The van der Waals surface area contributed by atoms with Crippen molar-refractivity contribution < 1.29 is 9.18 Å². The first-order chi connectivity index (χ1) is 15.9. The largest absolute Gasteiger partial charge is 0.325 e. The number of piperidine rings is 1. The van der Waals surface area contributed by atoms with Crippen LogP contribution in [0.5, 0.6) is 0 Å². The van der Waals surface area contributed by atoms with Crippen molar-refractivity contribution in [3.8, 4) is 11.3 Å². The second-order valence-electron chi connectivity index (χ2n) is 9.34. The number of hydrogen-bond acceptors (Lipinski definition) is 3. The van der Waals surface area contributed by atoms with E-state index in [0.717, 1.165) is 65.1 Å². The molecule has 6 rings (SSSR count). The molecule has 2 aliphatic heterocycles. The Bertz CT molecular complexity index is 1400. The molecule has 2 unspecified atom stereocenters. The van der Waals surface area contributed by atoms with Crippen LogP contribution in [0.4, 0.5) is 4.39 Å². The molecule has 3 aromatic heterocycles. The number of fused-ring (bicyclic) bond motifs is 5. The van der Waals surface area contributed by atoms with Crippen molar-refractivity contribution >= 4 is 11.6 Å². The van der Waals surface area contributed by atoms with E-state index >= 15 is 0 Å². The van der Waals surface area contributed by atoms with Crippen LogP contribution in [0.3, 0.4) is 0 Å². The highest BCUT2D eigenvalue weighted by Crippen LogP contribution is 2.45. The summed E-state index contributed by atoms with van der Waals surface area (Å²) in [5.74, 6) is -0.226. The minimum atomic E-state index is -0.240. The molecule has 33 heavy (non-hydrogen) atoms. The number of carbonyl (C=O) groups is 1. The van der Waals surface area contributed by atoms with Crippen molar-refractivity contribution in [1.29, 1.82) is 0 Å². The fraction of sp³-hybridized carbons (Fsp3) is 0.346. The zero-order chi connectivity index (χ0) is 22.9. The Morgan fingerprint density at radius 2 is 2.00 bits per heavy atom. The summed E-state index contributed by atoms with van der Waals surface area (Å²) in [4.78, 5) is 20.6. The summed E-state index contributed by atoms with van der Waals surface area (Å²) in [7, 11) is 1.92. The van der Waals surface area contributed by atoms with Gasteiger partial charge in [-0.1, -0.05) is 6.07 Å². The van der Waals surface area contributed by atoms with E-state index in [1.165, 1.54) is 0 Å². The predicted octanol–water partition coefficient (Wildman–Crippen LogP) is 4.78. The normalized spacial score (nSPS) is 19.7. The molecule has 1 aromatic carbocycles. The molecule has 0 radical (unpaired) electrons. The molecule has 4 aromatic rings. The van der Waals surface area contributed by atoms with Crippen molar-refractivity contribution in [2.75, 3.05) is 0 Å². The number of nitrogens with zero attached hydrogens (tertiary/aromatic N) is 5. The van der Waals surface area contributed by atoms with E-state index in [-0.39, 0.29) is 23.8 Å². The summed E-state index contributed by atoms with van der Waals surface area (Å²) >= 11 is 0. The lowest BCUT2D eigenvalue weighted by molar-refractivity contribution is 0.0384. The van der Waals surface area contributed by atoms with Gasteiger partial charge in [0, 0.05) is 30.4 Å². The highest BCUT2D eigenvalue weighted by molar-refractivity contribution is 5.95. The SMILES string of the molecule is Cc1cc(F)cc(-c2c3c(nn2C)C2CCCC(C3)N2C(=O)c2c(C)nc3ccccn23)c1. The average Bonchev–Trinajstić information content (AvgIpc) is 3.27. The molecular weight excluding hydrogens is 417 g/mol. The topological polar surface area (TPSA) is 55.4 Å². The summed E-state index contributed by atoms with van der Waals surface area (Å²) in [6.45, 7) is 3.80. The number of imidazole rings is 1. The molecule has 7 heteroatoms. The summed E-state index contributed by atoms with van der Waals surface area (Å²) in [6.07, 6.45) is 5.53. The van der Waals surface area contributed by atoms with Crippen LogP contribution in [0.2, 0.25) is 0 Å². The van der Waals surface area contributed by atoms with Gasteiger partial charge in [0.05, 0.1) is 23.1 Å². The van der Waals surface area contributed by atoms with Crippen molar-refractivity contribution in [2.45, 2.75) is 51.6 Å². The van der Waals surface area contributed by atoms with E-state index in [4.69, 9.17) is 5.10 Å². The minimum Gasteiger partial charge on any atom is -0.325 e.